The molecule has 138 valence electrons. The first-order valence-electron chi connectivity index (χ1n) is 9.19. The van der Waals surface area contributed by atoms with E-state index in [9.17, 15) is 4.39 Å². The Morgan fingerprint density at radius 3 is 1.43 bits per heavy atom. The second-order valence-electron chi connectivity index (χ2n) is 6.72. The lowest BCUT2D eigenvalue weighted by molar-refractivity contribution is 0.627. The van der Waals surface area contributed by atoms with Crippen LogP contribution in [0.1, 0.15) is 5.56 Å². The van der Waals surface area contributed by atoms with Crippen molar-refractivity contribution in [2.45, 2.75) is 6.16 Å². The van der Waals surface area contributed by atoms with Crippen LogP contribution in [0.25, 0.3) is 0 Å². The van der Waals surface area contributed by atoms with Gasteiger partial charge in [0, 0.05) is 0 Å². The molecule has 4 aromatic carbocycles. The second-order valence-corrected chi connectivity index (χ2v) is 10.6. The molecule has 0 saturated heterocycles. The summed E-state index contributed by atoms with van der Waals surface area (Å²) in [6.07, 6.45) is 0.735. The average molecular weight is 406 g/mol. The maximum Gasteiger partial charge on any atom is 0.142 e. The van der Waals surface area contributed by atoms with Gasteiger partial charge in [0.2, 0.25) is 0 Å². The molecule has 0 amide bonds. The highest BCUT2D eigenvalue weighted by Crippen LogP contribution is 2.58. The van der Waals surface area contributed by atoms with Crippen molar-refractivity contribution in [1.82, 2.24) is 0 Å². The maximum absolute atomic E-state index is 14.2. The Kier molecular flexibility index (Phi) is 5.57. The lowest BCUT2D eigenvalue weighted by Crippen LogP contribution is -2.32. The van der Waals surface area contributed by atoms with Crippen LogP contribution in [-0.4, -0.2) is 0 Å². The molecule has 0 aliphatic rings. The highest BCUT2D eigenvalue weighted by molar-refractivity contribution is 7.95. The Balaban J connectivity index is 1.99. The smallest absolute Gasteiger partial charge is 0.142 e. The van der Waals surface area contributed by atoms with E-state index in [0.29, 0.717) is 0 Å². The molecule has 4 aromatic rings. The zero-order chi connectivity index (χ0) is 19.4. The number of rotatable bonds is 5. The molecule has 0 radical (unpaired) electrons. The first-order valence-corrected chi connectivity index (χ1v) is 11.5. The number of halogens is 2. The lowest BCUT2D eigenvalue weighted by Gasteiger charge is -2.27. The van der Waals surface area contributed by atoms with Crippen LogP contribution in [-0.2, 0) is 6.16 Å². The SMILES string of the molecule is Fc1cc(C[P+](c2ccccc2)(c2ccccc2)c2ccccc2)ccc1Cl. The van der Waals surface area contributed by atoms with Crippen LogP contribution in [0.4, 0.5) is 4.39 Å². The minimum Gasteiger partial charge on any atom is -0.205 e. The van der Waals surface area contributed by atoms with Crippen molar-refractivity contribution in [3.8, 4) is 0 Å². The molecule has 0 atom stereocenters. The summed E-state index contributed by atoms with van der Waals surface area (Å²) < 4.78 is 14.2. The summed E-state index contributed by atoms with van der Waals surface area (Å²) in [5.74, 6) is -0.369. The van der Waals surface area contributed by atoms with Gasteiger partial charge >= 0.3 is 0 Å². The van der Waals surface area contributed by atoms with Gasteiger partial charge in [0.1, 0.15) is 29.0 Å². The van der Waals surface area contributed by atoms with Crippen molar-refractivity contribution in [3.05, 3.63) is 126 Å². The molecule has 0 saturated carbocycles. The van der Waals surface area contributed by atoms with Gasteiger partial charge in [-0.25, -0.2) is 4.39 Å². The topological polar surface area (TPSA) is 0 Å². The highest BCUT2D eigenvalue weighted by atomic mass is 35.5. The van der Waals surface area contributed by atoms with Crippen molar-refractivity contribution in [3.63, 3.8) is 0 Å². The summed E-state index contributed by atoms with van der Waals surface area (Å²) in [5.41, 5.74) is 0.951. The molecule has 0 nitrogen and oxygen atoms in total. The molecule has 0 aromatic heterocycles. The Morgan fingerprint density at radius 1 is 0.607 bits per heavy atom. The number of hydrogen-bond acceptors (Lipinski definition) is 0. The van der Waals surface area contributed by atoms with Gasteiger partial charge in [-0.2, -0.15) is 0 Å². The normalized spacial score (nSPS) is 11.4. The first-order chi connectivity index (χ1) is 13.7. The molecular formula is C25H20ClFP+. The third-order valence-electron chi connectivity index (χ3n) is 4.99. The quantitative estimate of drug-likeness (QED) is 0.359. The van der Waals surface area contributed by atoms with Crippen molar-refractivity contribution in [1.29, 1.82) is 0 Å². The fraction of sp³-hybridized carbons (Fsp3) is 0.0400. The van der Waals surface area contributed by atoms with Gasteiger partial charge in [-0.3, -0.25) is 0 Å². The van der Waals surface area contributed by atoms with E-state index in [1.165, 1.54) is 15.9 Å². The summed E-state index contributed by atoms with van der Waals surface area (Å²) >= 11 is 5.94. The maximum atomic E-state index is 14.2. The van der Waals surface area contributed by atoms with Crippen LogP contribution < -0.4 is 15.9 Å². The monoisotopic (exact) mass is 405 g/mol. The van der Waals surface area contributed by atoms with Crippen LogP contribution >= 0.6 is 18.9 Å². The largest absolute Gasteiger partial charge is 0.205 e. The van der Waals surface area contributed by atoms with E-state index in [1.54, 1.807) is 12.1 Å². The molecule has 0 heterocycles. The summed E-state index contributed by atoms with van der Waals surface area (Å²) in [5, 5.41) is 4.00. The zero-order valence-corrected chi connectivity index (χ0v) is 17.0. The fourth-order valence-electron chi connectivity index (χ4n) is 3.68. The molecule has 0 aliphatic carbocycles. The van der Waals surface area contributed by atoms with Gasteiger partial charge in [-0.15, -0.1) is 0 Å². The Bertz CT molecular complexity index is 953. The molecule has 0 fully saturated rings. The predicted octanol–water partition coefficient (Wildman–Crippen LogP) is 5.97. The van der Waals surface area contributed by atoms with Gasteiger partial charge in [0.25, 0.3) is 0 Å². The summed E-state index contributed by atoms with van der Waals surface area (Å²) in [6, 6.07) is 36.9. The molecule has 4 rings (SSSR count). The predicted molar refractivity (Wildman–Crippen MR) is 120 cm³/mol. The zero-order valence-electron chi connectivity index (χ0n) is 15.3. The molecular weight excluding hydrogens is 386 g/mol. The van der Waals surface area contributed by atoms with Crippen molar-refractivity contribution >= 4 is 34.8 Å². The molecule has 28 heavy (non-hydrogen) atoms. The minimum atomic E-state index is -2.02. The molecule has 3 heteroatoms. The summed E-state index contributed by atoms with van der Waals surface area (Å²) in [6.45, 7) is 0. The van der Waals surface area contributed by atoms with Crippen LogP contribution in [0.2, 0.25) is 5.02 Å². The van der Waals surface area contributed by atoms with Crippen LogP contribution in [0.3, 0.4) is 0 Å². The van der Waals surface area contributed by atoms with E-state index in [0.717, 1.165) is 11.7 Å². The van der Waals surface area contributed by atoms with Gasteiger partial charge < -0.3 is 0 Å². The van der Waals surface area contributed by atoms with E-state index < -0.39 is 7.26 Å². The molecule has 0 bridgehead atoms. The summed E-state index contributed by atoms with van der Waals surface area (Å²) in [4.78, 5) is 0. The fourth-order valence-corrected chi connectivity index (χ4v) is 8.03. The van der Waals surface area contributed by atoms with E-state index in [2.05, 4.69) is 72.8 Å². The van der Waals surface area contributed by atoms with Gasteiger partial charge in [-0.05, 0) is 54.1 Å². The lowest BCUT2D eigenvalue weighted by atomic mass is 10.2. The summed E-state index contributed by atoms with van der Waals surface area (Å²) in [7, 11) is -2.02. The standard InChI is InChI=1S/C25H20ClFP/c26-24-17-16-20(18-25(24)27)19-28(21-10-4-1-5-11-21,22-12-6-2-7-13-22)23-14-8-3-9-15-23/h1-18H,19H2/q+1. The molecule has 0 spiro atoms. The third kappa shape index (κ3) is 3.61. The van der Waals surface area contributed by atoms with Gasteiger partial charge in [0.05, 0.1) is 11.2 Å². The van der Waals surface area contributed by atoms with Crippen molar-refractivity contribution in [2.24, 2.45) is 0 Å². The van der Waals surface area contributed by atoms with Crippen LogP contribution in [0.5, 0.6) is 0 Å². The van der Waals surface area contributed by atoms with E-state index in [-0.39, 0.29) is 10.8 Å². The Hall–Kier alpha value is -2.47. The number of hydrogen-bond donors (Lipinski definition) is 0. The van der Waals surface area contributed by atoms with Gasteiger partial charge in [-0.1, -0.05) is 72.3 Å². The van der Waals surface area contributed by atoms with E-state index >= 15 is 0 Å². The molecule has 0 N–H and O–H groups in total. The third-order valence-corrected chi connectivity index (χ3v) is 9.68. The Labute approximate surface area is 171 Å². The average Bonchev–Trinajstić information content (AvgIpc) is 2.76. The molecule has 0 aliphatic heterocycles. The number of benzene rings is 4. The van der Waals surface area contributed by atoms with Crippen LogP contribution in [0, 0.1) is 5.82 Å². The first kappa shape index (κ1) is 18.9. The van der Waals surface area contributed by atoms with Crippen molar-refractivity contribution in [2.75, 3.05) is 0 Å². The van der Waals surface area contributed by atoms with E-state index in [4.69, 9.17) is 11.6 Å². The highest BCUT2D eigenvalue weighted by Gasteiger charge is 2.45. The van der Waals surface area contributed by atoms with E-state index in [1.807, 2.05) is 24.3 Å². The Morgan fingerprint density at radius 2 is 1.04 bits per heavy atom. The minimum absolute atomic E-state index is 0.159. The second kappa shape index (κ2) is 8.27. The molecule has 0 unspecified atom stereocenters. The van der Waals surface area contributed by atoms with Gasteiger partial charge in [0.15, 0.2) is 0 Å². The van der Waals surface area contributed by atoms with Crippen molar-refractivity contribution < 1.29 is 4.39 Å². The van der Waals surface area contributed by atoms with Crippen LogP contribution in [0.15, 0.2) is 109 Å².